The van der Waals surface area contributed by atoms with E-state index < -0.39 is 0 Å². The molecule has 0 aromatic carbocycles. The Kier molecular flexibility index (Phi) is 3.63. The Balaban J connectivity index is 1.53. The number of pyridine rings is 1. The minimum Gasteiger partial charge on any atom is -0.336 e. The molecule has 2 aliphatic rings. The van der Waals surface area contributed by atoms with Gasteiger partial charge in [0.2, 0.25) is 0 Å². The van der Waals surface area contributed by atoms with E-state index in [-0.39, 0.29) is 18.0 Å². The van der Waals surface area contributed by atoms with Crippen LogP contribution in [0.15, 0.2) is 24.5 Å². The van der Waals surface area contributed by atoms with Crippen molar-refractivity contribution in [3.63, 3.8) is 0 Å². The molecule has 126 valence electrons. The fourth-order valence-corrected chi connectivity index (χ4v) is 3.58. The van der Waals surface area contributed by atoms with E-state index in [1.54, 1.807) is 6.20 Å². The second-order valence-electron chi connectivity index (χ2n) is 6.57. The number of fused-ring (bicyclic) bond motifs is 1. The number of amides is 3. The molecule has 24 heavy (non-hydrogen) atoms. The number of hydrogen-bond acceptors (Lipinski definition) is 3. The number of carbonyl (C=O) groups excluding carboxylic acids is 2. The number of carbonyl (C=O) groups is 2. The molecule has 1 atom stereocenters. The molecule has 2 aliphatic heterocycles. The highest BCUT2D eigenvalue weighted by molar-refractivity contribution is 5.93. The van der Waals surface area contributed by atoms with E-state index in [1.807, 2.05) is 39.5 Å². The Morgan fingerprint density at radius 2 is 2.25 bits per heavy atom. The number of nitrogens with one attached hydrogen (secondary N) is 1. The number of nitrogens with zero attached hydrogens (tertiary/aromatic N) is 4. The third-order valence-electron chi connectivity index (χ3n) is 4.85. The van der Waals surface area contributed by atoms with Gasteiger partial charge in [-0.2, -0.15) is 0 Å². The molecule has 7 nitrogen and oxygen atoms in total. The summed E-state index contributed by atoms with van der Waals surface area (Å²) < 4.78 is 1.87. The lowest BCUT2D eigenvalue weighted by atomic mass is 10.0. The average Bonchev–Trinajstić information content (AvgIpc) is 3.20. The predicted molar refractivity (Wildman–Crippen MR) is 89.0 cm³/mol. The number of rotatable bonds is 2. The van der Waals surface area contributed by atoms with E-state index in [2.05, 4.69) is 10.3 Å². The Labute approximate surface area is 140 Å². The van der Waals surface area contributed by atoms with Crippen LogP contribution in [-0.4, -0.2) is 63.3 Å². The van der Waals surface area contributed by atoms with E-state index >= 15 is 0 Å². The number of aromatic nitrogens is 2. The quantitative estimate of drug-likeness (QED) is 0.903. The molecule has 0 radical (unpaired) electrons. The van der Waals surface area contributed by atoms with Gasteiger partial charge in [0.05, 0.1) is 6.04 Å². The van der Waals surface area contributed by atoms with E-state index in [1.165, 1.54) is 0 Å². The minimum absolute atomic E-state index is 0.0162. The number of hydrogen-bond donors (Lipinski definition) is 1. The molecular weight excluding hydrogens is 306 g/mol. The van der Waals surface area contributed by atoms with E-state index in [4.69, 9.17) is 0 Å². The summed E-state index contributed by atoms with van der Waals surface area (Å²) >= 11 is 0. The van der Waals surface area contributed by atoms with Crippen LogP contribution in [0.2, 0.25) is 0 Å². The first-order valence-electron chi connectivity index (χ1n) is 8.41. The Hall–Kier alpha value is -2.57. The molecule has 0 saturated carbocycles. The number of urea groups is 1. The topological polar surface area (TPSA) is 70.0 Å². The van der Waals surface area contributed by atoms with Crippen LogP contribution >= 0.6 is 0 Å². The zero-order valence-corrected chi connectivity index (χ0v) is 13.7. The molecule has 0 spiro atoms. The summed E-state index contributed by atoms with van der Waals surface area (Å²) in [4.78, 5) is 32.8. The smallest absolute Gasteiger partial charge is 0.317 e. The largest absolute Gasteiger partial charge is 0.336 e. The summed E-state index contributed by atoms with van der Waals surface area (Å²) in [5.74, 6) is -0.0549. The number of likely N-dealkylation sites (tertiary alicyclic amines) is 1. The highest BCUT2D eigenvalue weighted by Crippen LogP contribution is 2.19. The van der Waals surface area contributed by atoms with Crippen LogP contribution < -0.4 is 5.32 Å². The van der Waals surface area contributed by atoms with Gasteiger partial charge in [-0.1, -0.05) is 0 Å². The van der Waals surface area contributed by atoms with Gasteiger partial charge in [-0.05, 0) is 37.5 Å². The molecule has 4 rings (SSSR count). The van der Waals surface area contributed by atoms with Crippen LogP contribution in [0.3, 0.4) is 0 Å². The predicted octanol–water partition coefficient (Wildman–Crippen LogP) is 1.27. The summed E-state index contributed by atoms with van der Waals surface area (Å²) in [7, 11) is 0. The van der Waals surface area contributed by atoms with Crippen LogP contribution in [0.1, 0.15) is 28.9 Å². The molecule has 3 amide bonds. The number of imidazole rings is 1. The lowest BCUT2D eigenvalue weighted by molar-refractivity contribution is 0.0629. The van der Waals surface area contributed by atoms with Crippen molar-refractivity contribution in [2.24, 2.45) is 0 Å². The number of piperidine rings is 1. The normalized spacial score (nSPS) is 21.4. The fraction of sp³-hybridized carbons (Fsp3) is 0.471. The highest BCUT2D eigenvalue weighted by Gasteiger charge is 2.33. The molecule has 0 aliphatic carbocycles. The maximum absolute atomic E-state index is 12.8. The van der Waals surface area contributed by atoms with E-state index in [0.29, 0.717) is 18.8 Å². The molecule has 7 heteroatoms. The Morgan fingerprint density at radius 1 is 1.38 bits per heavy atom. The minimum atomic E-state index is -0.0549. The van der Waals surface area contributed by atoms with Crippen LogP contribution in [-0.2, 0) is 0 Å². The van der Waals surface area contributed by atoms with Gasteiger partial charge in [-0.25, -0.2) is 9.78 Å². The lowest BCUT2D eigenvalue weighted by Gasteiger charge is -2.36. The molecule has 2 fully saturated rings. The maximum atomic E-state index is 12.8. The van der Waals surface area contributed by atoms with E-state index in [9.17, 15) is 9.59 Å². The van der Waals surface area contributed by atoms with Gasteiger partial charge in [-0.15, -0.1) is 0 Å². The maximum Gasteiger partial charge on any atom is 0.317 e. The third-order valence-corrected chi connectivity index (χ3v) is 4.85. The first-order valence-corrected chi connectivity index (χ1v) is 8.41. The molecule has 1 N–H and O–H groups in total. The average molecular weight is 327 g/mol. The first-order chi connectivity index (χ1) is 11.6. The van der Waals surface area contributed by atoms with Gasteiger partial charge in [0.1, 0.15) is 11.3 Å². The SMILES string of the molecule is Cc1ccn2cc(C(=O)N3CCC[C@H](N4CCNC4=O)C3)nc2c1. The third kappa shape index (κ3) is 2.60. The molecule has 2 aromatic heterocycles. The van der Waals surface area contributed by atoms with Gasteiger partial charge in [0.25, 0.3) is 5.91 Å². The molecule has 2 saturated heterocycles. The van der Waals surface area contributed by atoms with Crippen LogP contribution in [0.25, 0.3) is 5.65 Å². The van der Waals surface area contributed by atoms with Gasteiger partial charge < -0.3 is 19.5 Å². The van der Waals surface area contributed by atoms with Gasteiger partial charge in [-0.3, -0.25) is 4.79 Å². The van der Waals surface area contributed by atoms with Gasteiger partial charge in [0.15, 0.2) is 0 Å². The van der Waals surface area contributed by atoms with Crippen LogP contribution in [0, 0.1) is 6.92 Å². The van der Waals surface area contributed by atoms with Crippen molar-refractivity contribution in [1.82, 2.24) is 24.5 Å². The van der Waals surface area contributed by atoms with Crippen molar-refractivity contribution >= 4 is 17.6 Å². The van der Waals surface area contributed by atoms with Crippen LogP contribution in [0.5, 0.6) is 0 Å². The van der Waals surface area contributed by atoms with Crippen molar-refractivity contribution in [3.05, 3.63) is 35.8 Å². The summed E-state index contributed by atoms with van der Waals surface area (Å²) in [6.45, 7) is 4.72. The standard InChI is InChI=1S/C17H21N5O2/c1-12-4-7-20-11-14(19-15(20)9-12)16(23)21-6-2-3-13(10-21)22-8-5-18-17(22)24/h4,7,9,11,13H,2-3,5-6,8,10H2,1H3,(H,18,24)/t13-/m0/s1. The monoisotopic (exact) mass is 327 g/mol. The number of aryl methyl sites for hydroxylation is 1. The highest BCUT2D eigenvalue weighted by atomic mass is 16.2. The van der Waals surface area contributed by atoms with Gasteiger partial charge in [0, 0.05) is 38.6 Å². The van der Waals surface area contributed by atoms with Crippen molar-refractivity contribution in [2.75, 3.05) is 26.2 Å². The molecule has 0 unspecified atom stereocenters. The zero-order chi connectivity index (χ0) is 16.7. The molecule has 2 aromatic rings. The van der Waals surface area contributed by atoms with Crippen molar-refractivity contribution in [2.45, 2.75) is 25.8 Å². The second kappa shape index (κ2) is 5.81. The van der Waals surface area contributed by atoms with Crippen molar-refractivity contribution in [1.29, 1.82) is 0 Å². The zero-order valence-electron chi connectivity index (χ0n) is 13.7. The molecular formula is C17H21N5O2. The summed E-state index contributed by atoms with van der Waals surface area (Å²) in [6.07, 6.45) is 5.56. The van der Waals surface area contributed by atoms with E-state index in [0.717, 1.165) is 37.1 Å². The summed E-state index contributed by atoms with van der Waals surface area (Å²) in [6, 6.07) is 4.04. The molecule has 4 heterocycles. The molecule has 0 bridgehead atoms. The summed E-state index contributed by atoms with van der Waals surface area (Å²) in [5.41, 5.74) is 2.36. The van der Waals surface area contributed by atoms with Crippen molar-refractivity contribution < 1.29 is 9.59 Å². The van der Waals surface area contributed by atoms with Gasteiger partial charge >= 0.3 is 6.03 Å². The Bertz CT molecular complexity index is 799. The first kappa shape index (κ1) is 15.0. The van der Waals surface area contributed by atoms with Crippen LogP contribution in [0.4, 0.5) is 4.79 Å². The summed E-state index contributed by atoms with van der Waals surface area (Å²) in [5, 5.41) is 2.83. The van der Waals surface area contributed by atoms with Crippen molar-refractivity contribution in [3.8, 4) is 0 Å². The Morgan fingerprint density at radius 3 is 3.04 bits per heavy atom. The second-order valence-corrected chi connectivity index (χ2v) is 6.57. The lowest BCUT2D eigenvalue weighted by Crippen LogP contribution is -2.50. The fourth-order valence-electron chi connectivity index (χ4n) is 3.58.